The van der Waals surface area contributed by atoms with Crippen molar-refractivity contribution >= 4 is 11.8 Å². The SMILES string of the molecule is Cn1cc(C(=O)N2C[C@H]3CN(CCN4CCCC4)C(=O)[C@H]3C2)c(C(F)F)n1. The maximum Gasteiger partial charge on any atom is 0.282 e. The molecule has 7 nitrogen and oxygen atoms in total. The van der Waals surface area contributed by atoms with E-state index in [0.29, 0.717) is 19.6 Å². The van der Waals surface area contributed by atoms with Crippen LogP contribution in [0.4, 0.5) is 8.78 Å². The molecular weight excluding hydrogens is 356 g/mol. The van der Waals surface area contributed by atoms with Crippen LogP contribution in [0.1, 0.15) is 35.3 Å². The quantitative estimate of drug-likeness (QED) is 0.763. The maximum absolute atomic E-state index is 13.1. The normalized spacial score (nSPS) is 25.9. The molecule has 2 amide bonds. The van der Waals surface area contributed by atoms with E-state index in [-0.39, 0.29) is 23.3 Å². The van der Waals surface area contributed by atoms with Gasteiger partial charge in [0, 0.05) is 51.9 Å². The van der Waals surface area contributed by atoms with Gasteiger partial charge in [0.05, 0.1) is 11.5 Å². The number of hydrogen-bond donors (Lipinski definition) is 0. The van der Waals surface area contributed by atoms with Gasteiger partial charge < -0.3 is 14.7 Å². The summed E-state index contributed by atoms with van der Waals surface area (Å²) in [5.74, 6) is -0.482. The van der Waals surface area contributed by atoms with E-state index in [4.69, 9.17) is 0 Å². The fraction of sp³-hybridized carbons (Fsp3) is 0.722. The second kappa shape index (κ2) is 7.18. The second-order valence-electron chi connectivity index (χ2n) is 7.81. The van der Waals surface area contributed by atoms with Crippen molar-refractivity contribution in [3.8, 4) is 0 Å². The van der Waals surface area contributed by atoms with Gasteiger partial charge >= 0.3 is 0 Å². The molecule has 0 spiro atoms. The first-order valence-corrected chi connectivity index (χ1v) is 9.56. The predicted molar refractivity (Wildman–Crippen MR) is 93.3 cm³/mol. The lowest BCUT2D eigenvalue weighted by Gasteiger charge is -2.24. The predicted octanol–water partition coefficient (Wildman–Crippen LogP) is 0.984. The van der Waals surface area contributed by atoms with Crippen molar-refractivity contribution in [2.24, 2.45) is 18.9 Å². The van der Waals surface area contributed by atoms with Crippen molar-refractivity contribution in [3.63, 3.8) is 0 Å². The number of alkyl halides is 2. The van der Waals surface area contributed by atoms with Crippen LogP contribution in [0.25, 0.3) is 0 Å². The molecule has 2 atom stereocenters. The molecule has 3 aliphatic rings. The van der Waals surface area contributed by atoms with E-state index in [1.807, 2.05) is 4.90 Å². The van der Waals surface area contributed by atoms with Crippen LogP contribution in [-0.2, 0) is 11.8 Å². The zero-order valence-corrected chi connectivity index (χ0v) is 15.5. The molecule has 9 heteroatoms. The van der Waals surface area contributed by atoms with E-state index >= 15 is 0 Å². The minimum Gasteiger partial charge on any atom is -0.341 e. The minimum absolute atomic E-state index is 0.0641. The average Bonchev–Trinajstić information content (AvgIpc) is 3.38. The number of likely N-dealkylation sites (tertiary alicyclic amines) is 3. The molecule has 0 bridgehead atoms. The molecule has 27 heavy (non-hydrogen) atoms. The van der Waals surface area contributed by atoms with Crippen molar-refractivity contribution in [2.75, 3.05) is 45.8 Å². The van der Waals surface area contributed by atoms with Crippen molar-refractivity contribution in [1.29, 1.82) is 0 Å². The van der Waals surface area contributed by atoms with Gasteiger partial charge in [0.1, 0.15) is 5.69 Å². The molecular formula is C18H25F2N5O2. The van der Waals surface area contributed by atoms with Crippen LogP contribution in [0.15, 0.2) is 6.20 Å². The molecule has 1 aromatic heterocycles. The number of aryl methyl sites for hydroxylation is 1. The second-order valence-corrected chi connectivity index (χ2v) is 7.81. The van der Waals surface area contributed by atoms with Crippen LogP contribution < -0.4 is 0 Å². The highest BCUT2D eigenvalue weighted by molar-refractivity contribution is 5.96. The van der Waals surface area contributed by atoms with Crippen LogP contribution in [0.5, 0.6) is 0 Å². The summed E-state index contributed by atoms with van der Waals surface area (Å²) >= 11 is 0. The molecule has 0 saturated carbocycles. The number of carbonyl (C=O) groups excluding carboxylic acids is 2. The first-order chi connectivity index (χ1) is 12.9. The molecule has 148 valence electrons. The van der Waals surface area contributed by atoms with Crippen molar-refractivity contribution in [3.05, 3.63) is 17.5 Å². The fourth-order valence-corrected chi connectivity index (χ4v) is 4.58. The Hall–Kier alpha value is -2.03. The Balaban J connectivity index is 1.37. The molecule has 4 heterocycles. The molecule has 0 radical (unpaired) electrons. The Morgan fingerprint density at radius 3 is 2.63 bits per heavy atom. The van der Waals surface area contributed by atoms with Crippen LogP contribution in [0.3, 0.4) is 0 Å². The average molecular weight is 381 g/mol. The van der Waals surface area contributed by atoms with E-state index in [1.165, 1.54) is 35.7 Å². The van der Waals surface area contributed by atoms with Crippen LogP contribution in [-0.4, -0.2) is 82.1 Å². The minimum atomic E-state index is -2.80. The summed E-state index contributed by atoms with van der Waals surface area (Å²) in [7, 11) is 1.52. The lowest BCUT2D eigenvalue weighted by atomic mass is 10.0. The van der Waals surface area contributed by atoms with Gasteiger partial charge in [0.15, 0.2) is 0 Å². The highest BCUT2D eigenvalue weighted by Gasteiger charge is 2.47. The van der Waals surface area contributed by atoms with Crippen molar-refractivity contribution in [2.45, 2.75) is 19.3 Å². The van der Waals surface area contributed by atoms with E-state index in [9.17, 15) is 18.4 Å². The topological polar surface area (TPSA) is 61.7 Å². The number of fused-ring (bicyclic) bond motifs is 1. The highest BCUT2D eigenvalue weighted by atomic mass is 19.3. The Bertz CT molecular complexity index is 731. The Kier molecular flexibility index (Phi) is 4.88. The number of nitrogens with zero attached hydrogens (tertiary/aromatic N) is 5. The number of aromatic nitrogens is 2. The van der Waals surface area contributed by atoms with Gasteiger partial charge in [-0.15, -0.1) is 0 Å². The number of rotatable bonds is 5. The van der Waals surface area contributed by atoms with Crippen LogP contribution in [0, 0.1) is 11.8 Å². The summed E-state index contributed by atoms with van der Waals surface area (Å²) in [6.07, 6.45) is 0.994. The van der Waals surface area contributed by atoms with E-state index in [2.05, 4.69) is 10.00 Å². The molecule has 3 fully saturated rings. The van der Waals surface area contributed by atoms with Gasteiger partial charge in [-0.2, -0.15) is 5.10 Å². The fourth-order valence-electron chi connectivity index (χ4n) is 4.58. The summed E-state index contributed by atoms with van der Waals surface area (Å²) in [5.41, 5.74) is -0.552. The summed E-state index contributed by atoms with van der Waals surface area (Å²) in [6, 6.07) is 0. The number of amides is 2. The zero-order valence-electron chi connectivity index (χ0n) is 15.5. The van der Waals surface area contributed by atoms with E-state index < -0.39 is 18.0 Å². The summed E-state index contributed by atoms with van der Waals surface area (Å²) in [5, 5.41) is 3.70. The molecule has 0 unspecified atom stereocenters. The van der Waals surface area contributed by atoms with Gasteiger partial charge in [-0.1, -0.05) is 0 Å². The van der Waals surface area contributed by atoms with Gasteiger partial charge in [-0.3, -0.25) is 14.3 Å². The lowest BCUT2D eigenvalue weighted by Crippen LogP contribution is -2.39. The maximum atomic E-state index is 13.1. The Labute approximate surface area is 156 Å². The number of hydrogen-bond acceptors (Lipinski definition) is 4. The third kappa shape index (κ3) is 3.44. The third-order valence-electron chi connectivity index (χ3n) is 5.99. The molecule has 0 aromatic carbocycles. The zero-order chi connectivity index (χ0) is 19.1. The van der Waals surface area contributed by atoms with E-state index in [1.54, 1.807) is 0 Å². The lowest BCUT2D eigenvalue weighted by molar-refractivity contribution is -0.131. The van der Waals surface area contributed by atoms with Gasteiger partial charge in [-0.25, -0.2) is 8.78 Å². The molecule has 4 rings (SSSR count). The Morgan fingerprint density at radius 1 is 1.22 bits per heavy atom. The smallest absolute Gasteiger partial charge is 0.282 e. The largest absolute Gasteiger partial charge is 0.341 e. The van der Waals surface area contributed by atoms with Crippen LogP contribution in [0.2, 0.25) is 0 Å². The monoisotopic (exact) mass is 381 g/mol. The van der Waals surface area contributed by atoms with Crippen molar-refractivity contribution < 1.29 is 18.4 Å². The van der Waals surface area contributed by atoms with Gasteiger partial charge in [-0.05, 0) is 25.9 Å². The highest BCUT2D eigenvalue weighted by Crippen LogP contribution is 2.34. The standard InChI is InChI=1S/C18H25F2N5O2/c1-22-10-14(15(21-22)16(19)20)18(27)25-9-12-8-24(17(26)13(12)11-25)7-6-23-4-2-3-5-23/h10,12-13,16H,2-9,11H2,1H3/t12-,13+/m1/s1. The first kappa shape index (κ1) is 18.3. The number of carbonyl (C=O) groups is 2. The summed E-state index contributed by atoms with van der Waals surface area (Å²) in [4.78, 5) is 31.2. The molecule has 3 aliphatic heterocycles. The summed E-state index contributed by atoms with van der Waals surface area (Å²) < 4.78 is 27.5. The molecule has 0 N–H and O–H groups in total. The van der Waals surface area contributed by atoms with Gasteiger partial charge in [0.25, 0.3) is 12.3 Å². The molecule has 3 saturated heterocycles. The first-order valence-electron chi connectivity index (χ1n) is 9.56. The molecule has 0 aliphatic carbocycles. The molecule has 1 aromatic rings. The van der Waals surface area contributed by atoms with Gasteiger partial charge in [0.2, 0.25) is 5.91 Å². The number of halogens is 2. The van der Waals surface area contributed by atoms with Crippen molar-refractivity contribution in [1.82, 2.24) is 24.5 Å². The third-order valence-corrected chi connectivity index (χ3v) is 5.99. The Morgan fingerprint density at radius 2 is 1.96 bits per heavy atom. The van der Waals surface area contributed by atoms with E-state index in [0.717, 1.165) is 26.2 Å². The summed E-state index contributed by atoms with van der Waals surface area (Å²) in [6.45, 7) is 5.24. The van der Waals surface area contributed by atoms with Crippen LogP contribution >= 0.6 is 0 Å².